The average Bonchev–Trinajstić information content (AvgIpc) is 2.63. The fourth-order valence-corrected chi connectivity index (χ4v) is 2.28. The third kappa shape index (κ3) is 3.37. The molecule has 1 rings (SSSR count). The van der Waals surface area contributed by atoms with E-state index in [1.54, 1.807) is 20.8 Å². The van der Waals surface area contributed by atoms with Crippen LogP contribution in [-0.4, -0.2) is 45.1 Å². The summed E-state index contributed by atoms with van der Waals surface area (Å²) in [6, 6.07) is 0. The van der Waals surface area contributed by atoms with E-state index >= 15 is 0 Å². The summed E-state index contributed by atoms with van der Waals surface area (Å²) in [5, 5.41) is 11.8. The van der Waals surface area contributed by atoms with Crippen LogP contribution in [0, 0.1) is 5.92 Å². The van der Waals surface area contributed by atoms with Crippen molar-refractivity contribution in [3.05, 3.63) is 0 Å². The van der Waals surface area contributed by atoms with Crippen molar-refractivity contribution in [2.45, 2.75) is 58.7 Å². The van der Waals surface area contributed by atoms with E-state index in [0.717, 1.165) is 0 Å². The Balaban J connectivity index is 3.23. The zero-order chi connectivity index (χ0) is 17.3. The third-order valence-electron chi connectivity index (χ3n) is 3.26. The number of aliphatic carboxylic acids is 1. The molecule has 2 N–H and O–H groups in total. The highest BCUT2D eigenvalue weighted by Gasteiger charge is 2.55. The van der Waals surface area contributed by atoms with Gasteiger partial charge in [0.2, 0.25) is 17.5 Å². The highest BCUT2D eigenvalue weighted by molar-refractivity contribution is 6.06. The normalized spacial score (nSPS) is 18.4. The Labute approximate surface area is 128 Å². The SMILES string of the molecule is CC(C)[C@@](NC(=O)OC(C)(C)C)(C(=O)O)N1C(=O)CCC1=O. The first-order chi connectivity index (χ1) is 9.91. The minimum absolute atomic E-state index is 0.0728. The number of carbonyl (C=O) groups excluding carboxylic acids is 3. The van der Waals surface area contributed by atoms with Gasteiger partial charge in [-0.3, -0.25) is 14.9 Å². The molecule has 0 aromatic heterocycles. The largest absolute Gasteiger partial charge is 0.478 e. The molecule has 8 nitrogen and oxygen atoms in total. The van der Waals surface area contributed by atoms with Gasteiger partial charge in [-0.25, -0.2) is 14.5 Å². The molecule has 0 radical (unpaired) electrons. The van der Waals surface area contributed by atoms with Gasteiger partial charge in [-0.2, -0.15) is 0 Å². The van der Waals surface area contributed by atoms with Crippen molar-refractivity contribution in [3.63, 3.8) is 0 Å². The van der Waals surface area contributed by atoms with Crippen molar-refractivity contribution in [2.24, 2.45) is 5.92 Å². The fraction of sp³-hybridized carbons (Fsp3) is 0.714. The zero-order valence-electron chi connectivity index (χ0n) is 13.4. The zero-order valence-corrected chi connectivity index (χ0v) is 13.4. The summed E-state index contributed by atoms with van der Waals surface area (Å²) in [4.78, 5) is 48.4. The van der Waals surface area contributed by atoms with E-state index in [0.29, 0.717) is 4.90 Å². The molecule has 8 heteroatoms. The van der Waals surface area contributed by atoms with E-state index in [2.05, 4.69) is 5.32 Å². The molecular formula is C14H22N2O6. The van der Waals surface area contributed by atoms with Crippen LogP contribution in [0.15, 0.2) is 0 Å². The lowest BCUT2D eigenvalue weighted by atomic mass is 9.94. The van der Waals surface area contributed by atoms with Gasteiger partial charge >= 0.3 is 12.1 Å². The molecule has 0 unspecified atom stereocenters. The predicted molar refractivity (Wildman–Crippen MR) is 75.7 cm³/mol. The van der Waals surface area contributed by atoms with E-state index in [-0.39, 0.29) is 12.8 Å². The van der Waals surface area contributed by atoms with Crippen LogP contribution in [0.5, 0.6) is 0 Å². The van der Waals surface area contributed by atoms with Crippen LogP contribution < -0.4 is 5.32 Å². The summed E-state index contributed by atoms with van der Waals surface area (Å²) in [5.74, 6) is -3.49. The number of carbonyl (C=O) groups is 4. The van der Waals surface area contributed by atoms with Gasteiger partial charge in [0.25, 0.3) is 0 Å². The van der Waals surface area contributed by atoms with E-state index < -0.39 is 41.1 Å². The maximum Gasteiger partial charge on any atom is 0.409 e. The predicted octanol–water partition coefficient (Wildman–Crippen LogP) is 1.10. The first-order valence-corrected chi connectivity index (χ1v) is 7.02. The molecule has 3 amide bonds. The molecule has 0 spiro atoms. The van der Waals surface area contributed by atoms with Gasteiger partial charge in [0.15, 0.2) is 0 Å². The van der Waals surface area contributed by atoms with Crippen LogP contribution >= 0.6 is 0 Å². The molecule has 0 aliphatic carbocycles. The Morgan fingerprint density at radius 1 is 1.18 bits per heavy atom. The van der Waals surface area contributed by atoms with E-state index in [1.807, 2.05) is 0 Å². The minimum atomic E-state index is -2.16. The van der Waals surface area contributed by atoms with Crippen LogP contribution in [0.1, 0.15) is 47.5 Å². The quantitative estimate of drug-likeness (QED) is 0.751. The van der Waals surface area contributed by atoms with E-state index in [4.69, 9.17) is 4.74 Å². The Kier molecular flexibility index (Phi) is 4.84. The van der Waals surface area contributed by atoms with Crippen LogP contribution in [0.25, 0.3) is 0 Å². The van der Waals surface area contributed by atoms with Crippen molar-refractivity contribution in [1.82, 2.24) is 10.2 Å². The number of carboxylic acid groups (broad SMARTS) is 1. The van der Waals surface area contributed by atoms with Gasteiger partial charge in [0, 0.05) is 18.8 Å². The molecule has 0 aromatic rings. The Morgan fingerprint density at radius 2 is 1.64 bits per heavy atom. The Morgan fingerprint density at radius 3 is 1.95 bits per heavy atom. The van der Waals surface area contributed by atoms with Gasteiger partial charge in [-0.05, 0) is 20.8 Å². The summed E-state index contributed by atoms with van der Waals surface area (Å²) in [7, 11) is 0. The fourth-order valence-electron chi connectivity index (χ4n) is 2.28. The summed E-state index contributed by atoms with van der Waals surface area (Å²) < 4.78 is 5.06. The number of alkyl carbamates (subject to hydrolysis) is 1. The second-order valence-electron chi connectivity index (χ2n) is 6.48. The molecule has 0 saturated carbocycles. The number of hydrogen-bond donors (Lipinski definition) is 2. The van der Waals surface area contributed by atoms with Gasteiger partial charge in [0.1, 0.15) is 5.60 Å². The molecule has 124 valence electrons. The molecule has 0 aromatic carbocycles. The molecule has 22 heavy (non-hydrogen) atoms. The smallest absolute Gasteiger partial charge is 0.409 e. The molecule has 1 atom stereocenters. The van der Waals surface area contributed by atoms with Gasteiger partial charge in [-0.15, -0.1) is 0 Å². The lowest BCUT2D eigenvalue weighted by Gasteiger charge is -2.40. The number of likely N-dealkylation sites (tertiary alicyclic amines) is 1. The lowest BCUT2D eigenvalue weighted by Crippen LogP contribution is -2.70. The average molecular weight is 314 g/mol. The standard InChI is InChI=1S/C14H22N2O6/c1-8(2)14(11(19)20,15-12(21)22-13(3,4)5)16-9(17)6-7-10(16)18/h8H,6-7H2,1-5H3,(H,15,21)(H,19,20)/t14-/m0/s1. The van der Waals surface area contributed by atoms with Crippen LogP contribution in [0.3, 0.4) is 0 Å². The number of imide groups is 1. The molecule has 1 saturated heterocycles. The minimum Gasteiger partial charge on any atom is -0.478 e. The summed E-state index contributed by atoms with van der Waals surface area (Å²) in [6.07, 6.45) is -1.15. The summed E-state index contributed by atoms with van der Waals surface area (Å²) >= 11 is 0. The van der Waals surface area contributed by atoms with Crippen LogP contribution in [0.4, 0.5) is 4.79 Å². The van der Waals surface area contributed by atoms with Crippen molar-refractivity contribution >= 4 is 23.9 Å². The molecule has 1 aliphatic heterocycles. The second-order valence-corrected chi connectivity index (χ2v) is 6.48. The van der Waals surface area contributed by atoms with Gasteiger partial charge < -0.3 is 9.84 Å². The van der Waals surface area contributed by atoms with Crippen molar-refractivity contribution in [2.75, 3.05) is 0 Å². The number of nitrogens with one attached hydrogen (secondary N) is 1. The Hall–Kier alpha value is -2.12. The first-order valence-electron chi connectivity index (χ1n) is 7.02. The van der Waals surface area contributed by atoms with Gasteiger partial charge in [0.05, 0.1) is 0 Å². The monoisotopic (exact) mass is 314 g/mol. The maximum atomic E-state index is 12.0. The number of amides is 3. The summed E-state index contributed by atoms with van der Waals surface area (Å²) in [6.45, 7) is 7.87. The van der Waals surface area contributed by atoms with Crippen LogP contribution in [0.2, 0.25) is 0 Å². The Bertz CT molecular complexity index is 492. The van der Waals surface area contributed by atoms with Crippen LogP contribution in [-0.2, 0) is 19.1 Å². The van der Waals surface area contributed by atoms with E-state index in [1.165, 1.54) is 13.8 Å². The number of ether oxygens (including phenoxy) is 1. The molecule has 1 aliphatic rings. The number of nitrogens with zero attached hydrogens (tertiary/aromatic N) is 1. The topological polar surface area (TPSA) is 113 Å². The second kappa shape index (κ2) is 5.94. The molecule has 1 heterocycles. The van der Waals surface area contributed by atoms with Gasteiger partial charge in [-0.1, -0.05) is 13.8 Å². The maximum absolute atomic E-state index is 12.0. The number of carboxylic acids is 1. The highest BCUT2D eigenvalue weighted by Crippen LogP contribution is 2.29. The van der Waals surface area contributed by atoms with Crippen molar-refractivity contribution in [3.8, 4) is 0 Å². The highest BCUT2D eigenvalue weighted by atomic mass is 16.6. The lowest BCUT2D eigenvalue weighted by molar-refractivity contribution is -0.169. The third-order valence-corrected chi connectivity index (χ3v) is 3.26. The van der Waals surface area contributed by atoms with Crippen molar-refractivity contribution in [1.29, 1.82) is 0 Å². The molecular weight excluding hydrogens is 292 g/mol. The number of rotatable bonds is 4. The summed E-state index contributed by atoms with van der Waals surface area (Å²) in [5.41, 5.74) is -3.00. The molecule has 0 bridgehead atoms. The molecule has 1 fully saturated rings. The number of hydrogen-bond acceptors (Lipinski definition) is 5. The van der Waals surface area contributed by atoms with Crippen molar-refractivity contribution < 1.29 is 29.0 Å². The van der Waals surface area contributed by atoms with E-state index in [9.17, 15) is 24.3 Å². The first kappa shape index (κ1) is 17.9.